The molecule has 0 radical (unpaired) electrons. The minimum atomic E-state index is -0.351. The van der Waals surface area contributed by atoms with E-state index >= 15 is 0 Å². The fourth-order valence-electron chi connectivity index (χ4n) is 2.17. The fourth-order valence-corrected chi connectivity index (χ4v) is 2.35. The molecular formula is C16H17ClN2O2. The maximum Gasteiger partial charge on any atom is 0.272 e. The first-order valence-electron chi connectivity index (χ1n) is 6.66. The first-order valence-corrected chi connectivity index (χ1v) is 7.04. The number of aryl methyl sites for hydroxylation is 1. The van der Waals surface area contributed by atoms with Crippen molar-refractivity contribution in [1.29, 1.82) is 0 Å². The van der Waals surface area contributed by atoms with Gasteiger partial charge in [-0.2, -0.15) is 0 Å². The summed E-state index contributed by atoms with van der Waals surface area (Å²) < 4.78 is 0. The van der Waals surface area contributed by atoms with E-state index in [2.05, 4.69) is 5.32 Å². The lowest BCUT2D eigenvalue weighted by Gasteiger charge is -2.18. The lowest BCUT2D eigenvalue weighted by atomic mass is 10.0. The molecular weight excluding hydrogens is 288 g/mol. The predicted octanol–water partition coefficient (Wildman–Crippen LogP) is 5.04. The molecule has 0 aromatic heterocycles. The molecule has 0 saturated carbocycles. The van der Waals surface area contributed by atoms with E-state index in [1.807, 2.05) is 38.1 Å². The molecule has 1 unspecified atom stereocenters. The first-order chi connectivity index (χ1) is 9.90. The number of hydrogen-bond donors (Lipinski definition) is 1. The summed E-state index contributed by atoms with van der Waals surface area (Å²) in [4.78, 5) is 10.7. The van der Waals surface area contributed by atoms with Gasteiger partial charge in [-0.1, -0.05) is 29.8 Å². The molecule has 0 aliphatic rings. The zero-order chi connectivity index (χ0) is 15.6. The van der Waals surface area contributed by atoms with E-state index in [9.17, 15) is 10.1 Å². The van der Waals surface area contributed by atoms with Crippen LogP contribution in [0.5, 0.6) is 0 Å². The zero-order valence-corrected chi connectivity index (χ0v) is 12.9. The zero-order valence-electron chi connectivity index (χ0n) is 12.2. The molecule has 0 heterocycles. The van der Waals surface area contributed by atoms with Crippen molar-refractivity contribution in [2.24, 2.45) is 0 Å². The Balaban J connectivity index is 2.28. The highest BCUT2D eigenvalue weighted by Crippen LogP contribution is 2.29. The van der Waals surface area contributed by atoms with E-state index in [1.54, 1.807) is 19.1 Å². The van der Waals surface area contributed by atoms with E-state index in [0.29, 0.717) is 10.6 Å². The number of benzene rings is 2. The van der Waals surface area contributed by atoms with Gasteiger partial charge >= 0.3 is 0 Å². The molecule has 110 valence electrons. The normalized spacial score (nSPS) is 12.0. The molecule has 0 fully saturated rings. The second-order valence-corrected chi connectivity index (χ2v) is 5.49. The van der Waals surface area contributed by atoms with Gasteiger partial charge in [0.2, 0.25) is 0 Å². The number of nitrogens with zero attached hydrogens (tertiary/aromatic N) is 1. The summed E-state index contributed by atoms with van der Waals surface area (Å²) in [5.74, 6) is 0. The highest BCUT2D eigenvalue weighted by molar-refractivity contribution is 6.31. The number of hydrogen-bond acceptors (Lipinski definition) is 3. The van der Waals surface area contributed by atoms with Gasteiger partial charge in [0.05, 0.1) is 4.92 Å². The Morgan fingerprint density at radius 1 is 1.24 bits per heavy atom. The Bertz CT molecular complexity index is 686. The molecule has 0 aliphatic carbocycles. The van der Waals surface area contributed by atoms with Crippen molar-refractivity contribution in [3.05, 3.63) is 68.2 Å². The molecule has 0 saturated heterocycles. The summed E-state index contributed by atoms with van der Waals surface area (Å²) in [5, 5.41) is 15.1. The van der Waals surface area contributed by atoms with Crippen LogP contribution in [0.1, 0.15) is 29.7 Å². The highest BCUT2D eigenvalue weighted by Gasteiger charge is 2.15. The van der Waals surface area contributed by atoms with Crippen molar-refractivity contribution in [3.8, 4) is 0 Å². The average Bonchev–Trinajstić information content (AvgIpc) is 2.44. The molecule has 2 aromatic rings. The SMILES string of the molecule is Cc1ccc(C(C)Nc2cccc(Cl)c2C)cc1[N+](=O)[O-]. The van der Waals surface area contributed by atoms with Gasteiger partial charge in [0, 0.05) is 28.4 Å². The van der Waals surface area contributed by atoms with E-state index in [0.717, 1.165) is 16.8 Å². The van der Waals surface area contributed by atoms with Crippen molar-refractivity contribution in [2.45, 2.75) is 26.8 Å². The van der Waals surface area contributed by atoms with Crippen molar-refractivity contribution in [1.82, 2.24) is 0 Å². The molecule has 0 amide bonds. The van der Waals surface area contributed by atoms with Gasteiger partial charge in [-0.05, 0) is 44.0 Å². The van der Waals surface area contributed by atoms with Crippen LogP contribution in [-0.2, 0) is 0 Å². The first kappa shape index (κ1) is 15.3. The van der Waals surface area contributed by atoms with Gasteiger partial charge in [-0.3, -0.25) is 10.1 Å². The summed E-state index contributed by atoms with van der Waals surface area (Å²) in [5.41, 5.74) is 3.57. The van der Waals surface area contributed by atoms with Crippen LogP contribution >= 0.6 is 11.6 Å². The number of anilines is 1. The number of nitrogens with one attached hydrogen (secondary N) is 1. The molecule has 0 aliphatic heterocycles. The van der Waals surface area contributed by atoms with Crippen LogP contribution in [0.25, 0.3) is 0 Å². The highest BCUT2D eigenvalue weighted by atomic mass is 35.5. The number of halogens is 1. The second kappa shape index (κ2) is 6.14. The van der Waals surface area contributed by atoms with Gasteiger partial charge in [0.1, 0.15) is 0 Å². The molecule has 0 bridgehead atoms. The third kappa shape index (κ3) is 3.34. The largest absolute Gasteiger partial charge is 0.378 e. The van der Waals surface area contributed by atoms with Crippen LogP contribution in [0.15, 0.2) is 36.4 Å². The van der Waals surface area contributed by atoms with E-state index in [-0.39, 0.29) is 16.7 Å². The number of nitro benzene ring substituents is 1. The van der Waals surface area contributed by atoms with E-state index in [4.69, 9.17) is 11.6 Å². The van der Waals surface area contributed by atoms with Crippen molar-refractivity contribution >= 4 is 23.0 Å². The maximum absolute atomic E-state index is 11.0. The summed E-state index contributed by atoms with van der Waals surface area (Å²) >= 11 is 6.10. The molecule has 1 N–H and O–H groups in total. The fraction of sp³-hybridized carbons (Fsp3) is 0.250. The van der Waals surface area contributed by atoms with Gasteiger partial charge < -0.3 is 5.32 Å². The Morgan fingerprint density at radius 3 is 2.62 bits per heavy atom. The van der Waals surface area contributed by atoms with Gasteiger partial charge in [0.15, 0.2) is 0 Å². The maximum atomic E-state index is 11.0. The monoisotopic (exact) mass is 304 g/mol. The molecule has 2 rings (SSSR count). The Kier molecular flexibility index (Phi) is 4.48. The van der Waals surface area contributed by atoms with Gasteiger partial charge in [-0.15, -0.1) is 0 Å². The second-order valence-electron chi connectivity index (χ2n) is 5.08. The lowest BCUT2D eigenvalue weighted by molar-refractivity contribution is -0.385. The molecule has 21 heavy (non-hydrogen) atoms. The summed E-state index contributed by atoms with van der Waals surface area (Å²) in [7, 11) is 0. The third-order valence-corrected chi connectivity index (χ3v) is 3.98. The van der Waals surface area contributed by atoms with Crippen LogP contribution in [0.2, 0.25) is 5.02 Å². The molecule has 2 aromatic carbocycles. The van der Waals surface area contributed by atoms with Crippen molar-refractivity contribution < 1.29 is 4.92 Å². The van der Waals surface area contributed by atoms with Crippen molar-refractivity contribution in [3.63, 3.8) is 0 Å². The number of rotatable bonds is 4. The van der Waals surface area contributed by atoms with Crippen LogP contribution < -0.4 is 5.32 Å². The van der Waals surface area contributed by atoms with Crippen molar-refractivity contribution in [2.75, 3.05) is 5.32 Å². The smallest absolute Gasteiger partial charge is 0.272 e. The van der Waals surface area contributed by atoms with Crippen LogP contribution in [0.3, 0.4) is 0 Å². The Labute approximate surface area is 128 Å². The third-order valence-electron chi connectivity index (χ3n) is 3.57. The molecule has 4 nitrogen and oxygen atoms in total. The molecule has 5 heteroatoms. The summed E-state index contributed by atoms with van der Waals surface area (Å²) in [6, 6.07) is 10.9. The minimum Gasteiger partial charge on any atom is -0.378 e. The minimum absolute atomic E-state index is 0.0542. The molecule has 1 atom stereocenters. The van der Waals surface area contributed by atoms with E-state index in [1.165, 1.54) is 0 Å². The van der Waals surface area contributed by atoms with Gasteiger partial charge in [0.25, 0.3) is 5.69 Å². The van der Waals surface area contributed by atoms with Gasteiger partial charge in [-0.25, -0.2) is 0 Å². The average molecular weight is 305 g/mol. The standard InChI is InChI=1S/C16H17ClN2O2/c1-10-7-8-13(9-16(10)19(20)21)12(3)18-15-6-4-5-14(17)11(15)2/h4-9,12,18H,1-3H3. The summed E-state index contributed by atoms with van der Waals surface area (Å²) in [6.07, 6.45) is 0. The van der Waals surface area contributed by atoms with Crippen LogP contribution in [-0.4, -0.2) is 4.92 Å². The topological polar surface area (TPSA) is 55.2 Å². The predicted molar refractivity (Wildman–Crippen MR) is 86.1 cm³/mol. The number of nitro groups is 1. The Hall–Kier alpha value is -2.07. The Morgan fingerprint density at radius 2 is 1.95 bits per heavy atom. The van der Waals surface area contributed by atoms with Crippen LogP contribution in [0.4, 0.5) is 11.4 Å². The molecule has 0 spiro atoms. The lowest BCUT2D eigenvalue weighted by Crippen LogP contribution is -2.08. The quantitative estimate of drug-likeness (QED) is 0.636. The van der Waals surface area contributed by atoms with E-state index < -0.39 is 0 Å². The summed E-state index contributed by atoms with van der Waals surface area (Å²) in [6.45, 7) is 5.64. The van der Waals surface area contributed by atoms with Crippen LogP contribution in [0, 0.1) is 24.0 Å².